The lowest BCUT2D eigenvalue weighted by Crippen LogP contribution is -2.36. The zero-order chi connectivity index (χ0) is 14.9. The van der Waals surface area contributed by atoms with Gasteiger partial charge in [-0.3, -0.25) is 14.1 Å². The van der Waals surface area contributed by atoms with Crippen LogP contribution in [0.3, 0.4) is 0 Å². The van der Waals surface area contributed by atoms with E-state index in [2.05, 4.69) is 9.88 Å². The van der Waals surface area contributed by atoms with Gasteiger partial charge in [-0.2, -0.15) is 0 Å². The highest BCUT2D eigenvalue weighted by atomic mass is 32.1. The summed E-state index contributed by atoms with van der Waals surface area (Å²) in [5.74, 6) is 0.864. The highest BCUT2D eigenvalue weighted by molar-refractivity contribution is 7.15. The van der Waals surface area contributed by atoms with Crippen molar-refractivity contribution in [1.82, 2.24) is 14.3 Å². The molecular weight excluding hydrogens is 294 g/mol. The fourth-order valence-electron chi connectivity index (χ4n) is 4.28. The van der Waals surface area contributed by atoms with Gasteiger partial charge in [0.2, 0.25) is 0 Å². The lowest BCUT2D eigenvalue weighted by atomic mass is 9.83. The van der Waals surface area contributed by atoms with Crippen LogP contribution in [-0.4, -0.2) is 26.9 Å². The van der Waals surface area contributed by atoms with Gasteiger partial charge in [0.05, 0.1) is 5.69 Å². The molecule has 2 aromatic rings. The highest BCUT2D eigenvalue weighted by Crippen LogP contribution is 2.34. The predicted molar refractivity (Wildman–Crippen MR) is 89.3 cm³/mol. The third kappa shape index (κ3) is 2.72. The van der Waals surface area contributed by atoms with Gasteiger partial charge in [0, 0.05) is 30.2 Å². The largest absolute Gasteiger partial charge is 0.294 e. The molecule has 4 rings (SSSR count). The topological polar surface area (TPSA) is 37.6 Å². The second kappa shape index (κ2) is 6.13. The summed E-state index contributed by atoms with van der Waals surface area (Å²) in [6.45, 7) is 2.00. The summed E-state index contributed by atoms with van der Waals surface area (Å²) in [5, 5.41) is 1.92. The summed E-state index contributed by atoms with van der Waals surface area (Å²) in [7, 11) is 0. The van der Waals surface area contributed by atoms with Crippen LogP contribution in [0.25, 0.3) is 4.96 Å². The molecule has 0 bridgehead atoms. The maximum atomic E-state index is 12.1. The molecule has 2 aliphatic rings. The van der Waals surface area contributed by atoms with Crippen LogP contribution in [0.1, 0.15) is 50.6 Å². The van der Waals surface area contributed by atoms with Gasteiger partial charge in [-0.15, -0.1) is 11.3 Å². The molecule has 1 aliphatic carbocycles. The van der Waals surface area contributed by atoms with Crippen LogP contribution in [0.15, 0.2) is 22.4 Å². The second-order valence-corrected chi connectivity index (χ2v) is 7.59. The summed E-state index contributed by atoms with van der Waals surface area (Å²) in [4.78, 5) is 20.2. The Bertz CT molecular complexity index is 701. The number of thiazole rings is 1. The molecule has 4 nitrogen and oxygen atoms in total. The molecule has 0 radical (unpaired) electrons. The van der Waals surface area contributed by atoms with Crippen LogP contribution in [0.5, 0.6) is 0 Å². The van der Waals surface area contributed by atoms with Crippen LogP contribution < -0.4 is 5.56 Å². The number of hydrogen-bond donors (Lipinski definition) is 0. The number of fused-ring (bicyclic) bond motifs is 1. The molecule has 22 heavy (non-hydrogen) atoms. The minimum atomic E-state index is 0.0506. The van der Waals surface area contributed by atoms with E-state index in [4.69, 9.17) is 0 Å². The summed E-state index contributed by atoms with van der Waals surface area (Å²) in [5.41, 5.74) is 0.991. The summed E-state index contributed by atoms with van der Waals surface area (Å²) in [6, 6.07) is 2.43. The molecule has 1 saturated heterocycles. The molecule has 5 heteroatoms. The van der Waals surface area contributed by atoms with Gasteiger partial charge in [-0.1, -0.05) is 19.3 Å². The number of rotatable bonds is 3. The summed E-state index contributed by atoms with van der Waals surface area (Å²) < 4.78 is 1.64. The van der Waals surface area contributed by atoms with Gasteiger partial charge in [0.25, 0.3) is 5.56 Å². The Morgan fingerprint density at radius 2 is 2.05 bits per heavy atom. The van der Waals surface area contributed by atoms with Crippen LogP contribution in [0.2, 0.25) is 0 Å². The van der Waals surface area contributed by atoms with Crippen molar-refractivity contribution in [1.29, 1.82) is 0 Å². The fraction of sp³-hybridized carbons (Fsp3) is 0.647. The SMILES string of the molecule is O=c1cc(CN2CCC[C@@H]2C2CCCCC2)nc2sccn12. The van der Waals surface area contributed by atoms with Gasteiger partial charge >= 0.3 is 0 Å². The molecule has 1 saturated carbocycles. The molecule has 2 fully saturated rings. The van der Waals surface area contributed by atoms with Crippen molar-refractivity contribution in [3.8, 4) is 0 Å². The van der Waals surface area contributed by atoms with Gasteiger partial charge < -0.3 is 0 Å². The second-order valence-electron chi connectivity index (χ2n) is 6.72. The van der Waals surface area contributed by atoms with Gasteiger partial charge in [0.1, 0.15) is 0 Å². The van der Waals surface area contributed by atoms with Crippen molar-refractivity contribution >= 4 is 16.3 Å². The van der Waals surface area contributed by atoms with E-state index in [1.807, 2.05) is 5.38 Å². The molecule has 118 valence electrons. The Labute approximate surface area is 134 Å². The fourth-order valence-corrected chi connectivity index (χ4v) is 5.02. The lowest BCUT2D eigenvalue weighted by Gasteiger charge is -2.33. The van der Waals surface area contributed by atoms with E-state index in [9.17, 15) is 4.79 Å². The zero-order valence-electron chi connectivity index (χ0n) is 12.9. The Morgan fingerprint density at radius 3 is 2.91 bits per heavy atom. The van der Waals surface area contributed by atoms with Crippen LogP contribution in [0.4, 0.5) is 0 Å². The molecule has 2 aromatic heterocycles. The van der Waals surface area contributed by atoms with Crippen molar-refractivity contribution in [2.45, 2.75) is 57.5 Å². The minimum Gasteiger partial charge on any atom is -0.294 e. The van der Waals surface area contributed by atoms with E-state index in [-0.39, 0.29) is 5.56 Å². The van der Waals surface area contributed by atoms with Gasteiger partial charge in [-0.25, -0.2) is 4.98 Å². The molecule has 0 unspecified atom stereocenters. The standard InChI is InChI=1S/C17H23N3OS/c21-16-11-14(18-17-20(16)9-10-22-17)12-19-8-4-7-15(19)13-5-2-1-3-6-13/h9-11,13,15H,1-8,12H2/t15-/m1/s1. The maximum Gasteiger partial charge on any atom is 0.258 e. The van der Waals surface area contributed by atoms with Crippen LogP contribution >= 0.6 is 11.3 Å². The first kappa shape index (κ1) is 14.4. The van der Waals surface area contributed by atoms with E-state index in [1.165, 1.54) is 56.3 Å². The molecule has 3 heterocycles. The number of likely N-dealkylation sites (tertiary alicyclic amines) is 1. The summed E-state index contributed by atoms with van der Waals surface area (Å²) in [6.07, 6.45) is 11.4. The first-order valence-electron chi connectivity index (χ1n) is 8.51. The smallest absolute Gasteiger partial charge is 0.258 e. The normalized spacial score (nSPS) is 24.3. The Morgan fingerprint density at radius 1 is 1.18 bits per heavy atom. The highest BCUT2D eigenvalue weighted by Gasteiger charge is 2.32. The van der Waals surface area contributed by atoms with E-state index in [0.717, 1.165) is 29.7 Å². The molecule has 0 aromatic carbocycles. The Hall–Kier alpha value is -1.20. The van der Waals surface area contributed by atoms with Crippen molar-refractivity contribution in [3.05, 3.63) is 33.7 Å². The first-order chi connectivity index (χ1) is 10.8. The van der Waals surface area contributed by atoms with Crippen molar-refractivity contribution in [2.75, 3.05) is 6.54 Å². The monoisotopic (exact) mass is 317 g/mol. The zero-order valence-corrected chi connectivity index (χ0v) is 13.7. The number of aromatic nitrogens is 2. The van der Waals surface area contributed by atoms with Gasteiger partial charge in [-0.05, 0) is 38.1 Å². The Balaban J connectivity index is 1.54. The van der Waals surface area contributed by atoms with Crippen LogP contribution in [-0.2, 0) is 6.54 Å². The van der Waals surface area contributed by atoms with Crippen molar-refractivity contribution < 1.29 is 0 Å². The number of hydrogen-bond acceptors (Lipinski definition) is 4. The van der Waals surface area contributed by atoms with Crippen LogP contribution in [0, 0.1) is 5.92 Å². The third-order valence-corrected chi connectivity index (χ3v) is 6.09. The molecule has 0 amide bonds. The molecule has 0 N–H and O–H groups in total. The average Bonchev–Trinajstić information content (AvgIpc) is 3.17. The average molecular weight is 317 g/mol. The van der Waals surface area contributed by atoms with Crippen molar-refractivity contribution in [3.63, 3.8) is 0 Å². The van der Waals surface area contributed by atoms with E-state index in [1.54, 1.807) is 16.7 Å². The minimum absolute atomic E-state index is 0.0506. The molecule has 1 atom stereocenters. The van der Waals surface area contributed by atoms with E-state index in [0.29, 0.717) is 6.04 Å². The predicted octanol–water partition coefficient (Wildman–Crippen LogP) is 3.30. The first-order valence-corrected chi connectivity index (χ1v) is 9.39. The van der Waals surface area contributed by atoms with E-state index < -0.39 is 0 Å². The van der Waals surface area contributed by atoms with Crippen molar-refractivity contribution in [2.24, 2.45) is 5.92 Å². The molecule has 0 spiro atoms. The maximum absolute atomic E-state index is 12.1. The Kier molecular flexibility index (Phi) is 4.01. The quantitative estimate of drug-likeness (QED) is 0.871. The lowest BCUT2D eigenvalue weighted by molar-refractivity contribution is 0.150. The number of nitrogens with zero attached hydrogens (tertiary/aromatic N) is 3. The molecular formula is C17H23N3OS. The summed E-state index contributed by atoms with van der Waals surface area (Å²) >= 11 is 1.54. The molecule has 1 aliphatic heterocycles. The van der Waals surface area contributed by atoms with E-state index >= 15 is 0 Å². The third-order valence-electron chi connectivity index (χ3n) is 5.33. The van der Waals surface area contributed by atoms with Gasteiger partial charge in [0.15, 0.2) is 4.96 Å².